The molecule has 0 aromatic heterocycles. The Bertz CT molecular complexity index is 496. The number of hydrogen-bond donors (Lipinski definition) is 0. The summed E-state index contributed by atoms with van der Waals surface area (Å²) in [6, 6.07) is 6.57. The fraction of sp³-hybridized carbons (Fsp3) is 0.467. The molecular formula is C15H20N2O3. The monoisotopic (exact) mass is 276 g/mol. The second kappa shape index (κ2) is 5.94. The Morgan fingerprint density at radius 2 is 1.90 bits per heavy atom. The summed E-state index contributed by atoms with van der Waals surface area (Å²) >= 11 is 0. The molecule has 1 aromatic carbocycles. The summed E-state index contributed by atoms with van der Waals surface area (Å²) in [5, 5.41) is 0. The molecule has 0 aliphatic carbocycles. The Labute approximate surface area is 119 Å². The Morgan fingerprint density at radius 1 is 1.25 bits per heavy atom. The SMILES string of the molecule is COc1ccc(C(=O)C2CCCN2C(=O)N(C)C)cc1. The number of amides is 2. The minimum absolute atomic E-state index is 0.000327. The van der Waals surface area contributed by atoms with Crippen molar-refractivity contribution in [3.05, 3.63) is 29.8 Å². The van der Waals surface area contributed by atoms with E-state index in [2.05, 4.69) is 0 Å². The number of methoxy groups -OCH3 is 1. The van der Waals surface area contributed by atoms with E-state index in [-0.39, 0.29) is 17.9 Å². The highest BCUT2D eigenvalue weighted by Gasteiger charge is 2.35. The number of urea groups is 1. The van der Waals surface area contributed by atoms with Crippen molar-refractivity contribution in [2.75, 3.05) is 27.7 Å². The van der Waals surface area contributed by atoms with Crippen LogP contribution in [0.25, 0.3) is 0 Å². The first kappa shape index (κ1) is 14.4. The number of Topliss-reactive ketones (excluding diaryl/α,β-unsaturated/α-hetero) is 1. The zero-order valence-corrected chi connectivity index (χ0v) is 12.1. The van der Waals surface area contributed by atoms with Gasteiger partial charge in [-0.25, -0.2) is 4.79 Å². The molecule has 0 spiro atoms. The highest BCUT2D eigenvalue weighted by atomic mass is 16.5. The smallest absolute Gasteiger partial charge is 0.320 e. The molecule has 1 aromatic rings. The molecule has 5 nitrogen and oxygen atoms in total. The van der Waals surface area contributed by atoms with E-state index in [4.69, 9.17) is 4.74 Å². The van der Waals surface area contributed by atoms with E-state index in [1.807, 2.05) is 0 Å². The maximum Gasteiger partial charge on any atom is 0.320 e. The third-order valence-corrected chi connectivity index (χ3v) is 3.56. The van der Waals surface area contributed by atoms with Gasteiger partial charge >= 0.3 is 6.03 Å². The molecule has 1 aliphatic heterocycles. The molecule has 20 heavy (non-hydrogen) atoms. The van der Waals surface area contributed by atoms with Gasteiger partial charge in [-0.3, -0.25) is 4.79 Å². The van der Waals surface area contributed by atoms with Crippen LogP contribution in [0.15, 0.2) is 24.3 Å². The molecular weight excluding hydrogens is 256 g/mol. The van der Waals surface area contributed by atoms with Crippen LogP contribution in [-0.4, -0.2) is 55.4 Å². The Balaban J connectivity index is 2.16. The molecule has 1 aliphatic rings. The molecule has 1 atom stereocenters. The highest BCUT2D eigenvalue weighted by Crippen LogP contribution is 2.23. The standard InChI is InChI=1S/C15H20N2O3/c1-16(2)15(19)17-10-4-5-13(17)14(18)11-6-8-12(20-3)9-7-11/h6-9,13H,4-5,10H2,1-3H3. The van der Waals surface area contributed by atoms with Crippen LogP contribution in [0.4, 0.5) is 4.79 Å². The van der Waals surface area contributed by atoms with Crippen molar-refractivity contribution in [2.45, 2.75) is 18.9 Å². The molecule has 0 radical (unpaired) electrons. The molecule has 2 rings (SSSR count). The first-order chi connectivity index (χ1) is 9.54. The largest absolute Gasteiger partial charge is 0.497 e. The zero-order chi connectivity index (χ0) is 14.7. The van der Waals surface area contributed by atoms with E-state index in [1.54, 1.807) is 50.4 Å². The highest BCUT2D eigenvalue weighted by molar-refractivity contribution is 6.02. The summed E-state index contributed by atoms with van der Waals surface area (Å²) in [4.78, 5) is 27.8. The van der Waals surface area contributed by atoms with E-state index >= 15 is 0 Å². The normalized spacial score (nSPS) is 17.9. The van der Waals surface area contributed by atoms with Crippen LogP contribution in [0.5, 0.6) is 5.75 Å². The first-order valence-corrected chi connectivity index (χ1v) is 6.70. The molecule has 2 amide bonds. The van der Waals surface area contributed by atoms with E-state index in [0.29, 0.717) is 17.9 Å². The summed E-state index contributed by atoms with van der Waals surface area (Å²) in [5.41, 5.74) is 0.620. The fourth-order valence-electron chi connectivity index (χ4n) is 2.47. The van der Waals surface area contributed by atoms with Crippen LogP contribution in [0, 0.1) is 0 Å². The molecule has 0 bridgehead atoms. The molecule has 1 saturated heterocycles. The maximum absolute atomic E-state index is 12.5. The Kier molecular flexibility index (Phi) is 4.27. The van der Waals surface area contributed by atoms with Gasteiger partial charge in [0.25, 0.3) is 0 Å². The van der Waals surface area contributed by atoms with Crippen molar-refractivity contribution in [3.8, 4) is 5.75 Å². The van der Waals surface area contributed by atoms with E-state index in [1.165, 1.54) is 4.90 Å². The van der Waals surface area contributed by atoms with Gasteiger partial charge in [0.1, 0.15) is 5.75 Å². The number of likely N-dealkylation sites (tertiary alicyclic amines) is 1. The molecule has 0 saturated carbocycles. The summed E-state index contributed by atoms with van der Waals surface area (Å²) in [6.07, 6.45) is 1.59. The maximum atomic E-state index is 12.5. The lowest BCUT2D eigenvalue weighted by Gasteiger charge is -2.26. The number of hydrogen-bond acceptors (Lipinski definition) is 3. The van der Waals surface area contributed by atoms with Crippen LogP contribution in [-0.2, 0) is 0 Å². The Morgan fingerprint density at radius 3 is 2.45 bits per heavy atom. The second-order valence-electron chi connectivity index (χ2n) is 5.12. The van der Waals surface area contributed by atoms with Crippen molar-refractivity contribution in [1.82, 2.24) is 9.80 Å². The van der Waals surface area contributed by atoms with Crippen LogP contribution >= 0.6 is 0 Å². The molecule has 5 heteroatoms. The quantitative estimate of drug-likeness (QED) is 0.794. The third kappa shape index (κ3) is 2.76. The topological polar surface area (TPSA) is 49.9 Å². The molecule has 0 N–H and O–H groups in total. The zero-order valence-electron chi connectivity index (χ0n) is 12.1. The van der Waals surface area contributed by atoms with Gasteiger partial charge in [0.15, 0.2) is 5.78 Å². The van der Waals surface area contributed by atoms with Gasteiger partial charge < -0.3 is 14.5 Å². The van der Waals surface area contributed by atoms with Gasteiger partial charge in [-0.05, 0) is 37.1 Å². The van der Waals surface area contributed by atoms with Gasteiger partial charge in [-0.1, -0.05) is 0 Å². The summed E-state index contributed by atoms with van der Waals surface area (Å²) in [7, 11) is 5.00. The van der Waals surface area contributed by atoms with Gasteiger partial charge in [-0.15, -0.1) is 0 Å². The number of ketones is 1. The van der Waals surface area contributed by atoms with Gasteiger partial charge in [-0.2, -0.15) is 0 Å². The molecule has 108 valence electrons. The van der Waals surface area contributed by atoms with Crippen molar-refractivity contribution < 1.29 is 14.3 Å². The number of rotatable bonds is 3. The van der Waals surface area contributed by atoms with Crippen LogP contribution < -0.4 is 4.74 Å². The lowest BCUT2D eigenvalue weighted by Crippen LogP contribution is -2.45. The van der Waals surface area contributed by atoms with Crippen LogP contribution in [0.3, 0.4) is 0 Å². The van der Waals surface area contributed by atoms with Crippen LogP contribution in [0.2, 0.25) is 0 Å². The summed E-state index contributed by atoms with van der Waals surface area (Å²) < 4.78 is 5.08. The van der Waals surface area contributed by atoms with E-state index in [9.17, 15) is 9.59 Å². The lowest BCUT2D eigenvalue weighted by molar-refractivity contribution is 0.0872. The summed E-state index contributed by atoms with van der Waals surface area (Å²) in [6.45, 7) is 0.642. The van der Waals surface area contributed by atoms with Gasteiger partial charge in [0.05, 0.1) is 13.2 Å². The van der Waals surface area contributed by atoms with Crippen LogP contribution in [0.1, 0.15) is 23.2 Å². The Hall–Kier alpha value is -2.04. The average Bonchev–Trinajstić information content (AvgIpc) is 2.94. The minimum Gasteiger partial charge on any atom is -0.497 e. The number of nitrogens with zero attached hydrogens (tertiary/aromatic N) is 2. The van der Waals surface area contributed by atoms with Gasteiger partial charge in [0.2, 0.25) is 0 Å². The molecule has 1 heterocycles. The molecule has 1 fully saturated rings. The predicted molar refractivity (Wildman–Crippen MR) is 76.1 cm³/mol. The second-order valence-corrected chi connectivity index (χ2v) is 5.12. The molecule has 1 unspecified atom stereocenters. The lowest BCUT2D eigenvalue weighted by atomic mass is 10.0. The van der Waals surface area contributed by atoms with Crippen molar-refractivity contribution in [1.29, 1.82) is 0 Å². The number of carbonyl (C=O) groups excluding carboxylic acids is 2. The number of benzene rings is 1. The van der Waals surface area contributed by atoms with Crippen molar-refractivity contribution >= 4 is 11.8 Å². The minimum atomic E-state index is -0.349. The summed E-state index contributed by atoms with van der Waals surface area (Å²) in [5.74, 6) is 0.717. The van der Waals surface area contributed by atoms with E-state index in [0.717, 1.165) is 12.8 Å². The predicted octanol–water partition coefficient (Wildman–Crippen LogP) is 2.02. The fourth-order valence-corrected chi connectivity index (χ4v) is 2.47. The number of carbonyl (C=O) groups is 2. The van der Waals surface area contributed by atoms with Crippen molar-refractivity contribution in [2.24, 2.45) is 0 Å². The average molecular weight is 276 g/mol. The van der Waals surface area contributed by atoms with E-state index < -0.39 is 0 Å². The van der Waals surface area contributed by atoms with Gasteiger partial charge in [0, 0.05) is 26.2 Å². The van der Waals surface area contributed by atoms with Crippen molar-refractivity contribution in [3.63, 3.8) is 0 Å². The first-order valence-electron chi connectivity index (χ1n) is 6.70. The third-order valence-electron chi connectivity index (χ3n) is 3.56. The number of ether oxygens (including phenoxy) is 1.